The van der Waals surface area contributed by atoms with Crippen LogP contribution in [0.4, 0.5) is 5.82 Å². The van der Waals surface area contributed by atoms with Crippen molar-refractivity contribution in [2.45, 2.75) is 13.0 Å². The van der Waals surface area contributed by atoms with Crippen molar-refractivity contribution in [2.75, 3.05) is 12.4 Å². The minimum Gasteiger partial charge on any atom is -0.507 e. The van der Waals surface area contributed by atoms with Crippen LogP contribution in [0.1, 0.15) is 6.92 Å². The average molecular weight is 322 g/mol. The lowest BCUT2D eigenvalue weighted by Crippen LogP contribution is -2.35. The Kier molecular flexibility index (Phi) is 4.29. The number of hydrogen-bond donors (Lipinski definition) is 3. The molecule has 1 atom stereocenters. The number of rotatable bonds is 4. The number of carbonyl (C=O) groups excluding carboxylic acids is 1. The topological polar surface area (TPSA) is 87.1 Å². The molecule has 2 aromatic carbocycles. The first kappa shape index (κ1) is 15.7. The van der Waals surface area contributed by atoms with Crippen LogP contribution in [-0.4, -0.2) is 34.1 Å². The second kappa shape index (κ2) is 6.54. The third kappa shape index (κ3) is 2.99. The largest absolute Gasteiger partial charge is 0.507 e. The number of phenols is 1. The molecule has 3 aromatic rings. The Morgan fingerprint density at radius 1 is 1.08 bits per heavy atom. The Balaban J connectivity index is 2.13. The van der Waals surface area contributed by atoms with Crippen LogP contribution in [-0.2, 0) is 4.79 Å². The fourth-order valence-corrected chi connectivity index (χ4v) is 2.46. The molecule has 0 aliphatic heterocycles. The van der Waals surface area contributed by atoms with Gasteiger partial charge < -0.3 is 15.7 Å². The van der Waals surface area contributed by atoms with Crippen LogP contribution in [0.2, 0.25) is 0 Å². The molecule has 122 valence electrons. The Labute approximate surface area is 139 Å². The summed E-state index contributed by atoms with van der Waals surface area (Å²) in [4.78, 5) is 20.9. The fraction of sp³-hybridized carbons (Fsp3) is 0.167. The van der Waals surface area contributed by atoms with Crippen LogP contribution in [0.25, 0.3) is 22.3 Å². The highest BCUT2D eigenvalue weighted by molar-refractivity contribution is 5.93. The minimum atomic E-state index is -0.453. The summed E-state index contributed by atoms with van der Waals surface area (Å²) in [5.74, 6) is 0.924. The predicted octanol–water partition coefficient (Wildman–Crippen LogP) is 2.55. The second-order valence-electron chi connectivity index (χ2n) is 5.41. The molecule has 6 heteroatoms. The van der Waals surface area contributed by atoms with Gasteiger partial charge >= 0.3 is 0 Å². The number of anilines is 1. The van der Waals surface area contributed by atoms with Crippen molar-refractivity contribution >= 4 is 22.6 Å². The zero-order valence-electron chi connectivity index (χ0n) is 13.4. The fourth-order valence-electron chi connectivity index (χ4n) is 2.46. The summed E-state index contributed by atoms with van der Waals surface area (Å²) in [6, 6.07) is 14.0. The molecule has 0 aliphatic carbocycles. The van der Waals surface area contributed by atoms with Gasteiger partial charge in [0.15, 0.2) is 5.82 Å². The summed E-state index contributed by atoms with van der Waals surface area (Å²) in [5, 5.41) is 16.6. The zero-order chi connectivity index (χ0) is 17.1. The summed E-state index contributed by atoms with van der Waals surface area (Å²) in [5.41, 5.74) is 1.27. The maximum Gasteiger partial charge on any atom is 0.241 e. The molecule has 24 heavy (non-hydrogen) atoms. The van der Waals surface area contributed by atoms with E-state index in [0.29, 0.717) is 17.2 Å². The number of phenolic OH excluding ortho intramolecular Hbond substituents is 1. The van der Waals surface area contributed by atoms with Crippen LogP contribution in [0.5, 0.6) is 5.75 Å². The molecule has 0 unspecified atom stereocenters. The van der Waals surface area contributed by atoms with Crippen molar-refractivity contribution in [3.05, 3.63) is 48.5 Å². The Morgan fingerprint density at radius 3 is 2.54 bits per heavy atom. The quantitative estimate of drug-likeness (QED) is 0.687. The minimum absolute atomic E-state index is 0.109. The third-order valence-corrected chi connectivity index (χ3v) is 3.74. The maximum atomic E-state index is 11.8. The molecule has 3 N–H and O–H groups in total. The molecule has 6 nitrogen and oxygen atoms in total. The van der Waals surface area contributed by atoms with Gasteiger partial charge in [-0.1, -0.05) is 24.3 Å². The van der Waals surface area contributed by atoms with Gasteiger partial charge in [0.05, 0.1) is 11.1 Å². The average Bonchev–Trinajstić information content (AvgIpc) is 2.61. The number of carbonyl (C=O) groups is 1. The van der Waals surface area contributed by atoms with E-state index in [1.807, 2.05) is 30.3 Å². The number of nitrogens with one attached hydrogen (secondary N) is 2. The highest BCUT2D eigenvalue weighted by atomic mass is 16.3. The summed E-state index contributed by atoms with van der Waals surface area (Å²) in [6.07, 6.45) is 0. The van der Waals surface area contributed by atoms with Gasteiger partial charge in [0, 0.05) is 12.4 Å². The van der Waals surface area contributed by atoms with Crippen LogP contribution >= 0.6 is 0 Å². The Hall–Kier alpha value is -3.15. The molecule has 0 radical (unpaired) electrons. The van der Waals surface area contributed by atoms with Crippen molar-refractivity contribution in [1.82, 2.24) is 15.3 Å². The maximum absolute atomic E-state index is 11.8. The number of aromatic nitrogens is 2. The molecular weight excluding hydrogens is 304 g/mol. The normalized spacial score (nSPS) is 11.9. The van der Waals surface area contributed by atoms with Crippen molar-refractivity contribution < 1.29 is 9.90 Å². The summed E-state index contributed by atoms with van der Waals surface area (Å²) >= 11 is 0. The van der Waals surface area contributed by atoms with Gasteiger partial charge in [0.2, 0.25) is 5.91 Å². The smallest absolute Gasteiger partial charge is 0.241 e. The second-order valence-corrected chi connectivity index (χ2v) is 5.41. The van der Waals surface area contributed by atoms with Crippen molar-refractivity contribution in [2.24, 2.45) is 0 Å². The molecule has 0 fully saturated rings. The molecule has 1 heterocycles. The van der Waals surface area contributed by atoms with Crippen LogP contribution in [0.15, 0.2) is 48.5 Å². The number of nitrogens with zero attached hydrogens (tertiary/aromatic N) is 2. The molecule has 0 spiro atoms. The first-order chi connectivity index (χ1) is 11.6. The SMILES string of the molecule is CNC(=O)[C@@H](C)Nc1nc(-c2ccccc2O)nc2ccccc12. The highest BCUT2D eigenvalue weighted by Crippen LogP contribution is 2.30. The molecule has 0 saturated carbocycles. The number of likely N-dealkylation sites (N-methyl/N-ethyl adjacent to an activating group) is 1. The lowest BCUT2D eigenvalue weighted by molar-refractivity contribution is -0.121. The van der Waals surface area contributed by atoms with E-state index in [-0.39, 0.29) is 11.7 Å². The third-order valence-electron chi connectivity index (χ3n) is 3.74. The van der Waals surface area contributed by atoms with E-state index >= 15 is 0 Å². The van der Waals surface area contributed by atoms with Gasteiger partial charge in [0.1, 0.15) is 17.6 Å². The summed E-state index contributed by atoms with van der Waals surface area (Å²) < 4.78 is 0. The molecule has 0 bridgehead atoms. The predicted molar refractivity (Wildman–Crippen MR) is 93.8 cm³/mol. The van der Waals surface area contributed by atoms with Crippen LogP contribution in [0, 0.1) is 0 Å². The lowest BCUT2D eigenvalue weighted by atomic mass is 10.1. The van der Waals surface area contributed by atoms with Gasteiger partial charge in [-0.3, -0.25) is 4.79 Å². The van der Waals surface area contributed by atoms with Crippen molar-refractivity contribution in [3.8, 4) is 17.1 Å². The Morgan fingerprint density at radius 2 is 1.79 bits per heavy atom. The summed E-state index contributed by atoms with van der Waals surface area (Å²) in [7, 11) is 1.59. The van der Waals surface area contributed by atoms with Crippen LogP contribution in [0.3, 0.4) is 0 Å². The number of fused-ring (bicyclic) bond motifs is 1. The molecule has 3 rings (SSSR count). The van der Waals surface area contributed by atoms with Crippen molar-refractivity contribution in [1.29, 1.82) is 0 Å². The highest BCUT2D eigenvalue weighted by Gasteiger charge is 2.16. The number of aromatic hydroxyl groups is 1. The molecule has 0 aliphatic rings. The first-order valence-electron chi connectivity index (χ1n) is 7.63. The van der Waals surface area contributed by atoms with Crippen molar-refractivity contribution in [3.63, 3.8) is 0 Å². The van der Waals surface area contributed by atoms with E-state index in [4.69, 9.17) is 0 Å². The van der Waals surface area contributed by atoms with E-state index in [0.717, 1.165) is 10.9 Å². The zero-order valence-corrected chi connectivity index (χ0v) is 13.4. The Bertz CT molecular complexity index is 895. The van der Waals surface area contributed by atoms with Gasteiger partial charge in [-0.15, -0.1) is 0 Å². The number of amides is 1. The van der Waals surface area contributed by atoms with Gasteiger partial charge in [-0.2, -0.15) is 0 Å². The van der Waals surface area contributed by atoms with Crippen LogP contribution < -0.4 is 10.6 Å². The standard InChI is InChI=1S/C18H18N4O2/c1-11(18(24)19-2)20-16-12-7-3-5-9-14(12)21-17(22-16)13-8-4-6-10-15(13)23/h3-11,23H,1-2H3,(H,19,24)(H,20,21,22)/t11-/m1/s1. The van der Waals surface area contributed by atoms with Gasteiger partial charge in [-0.25, -0.2) is 9.97 Å². The lowest BCUT2D eigenvalue weighted by Gasteiger charge is -2.15. The van der Waals surface area contributed by atoms with E-state index < -0.39 is 6.04 Å². The van der Waals surface area contributed by atoms with E-state index in [1.165, 1.54) is 0 Å². The number of hydrogen-bond acceptors (Lipinski definition) is 5. The number of para-hydroxylation sites is 2. The van der Waals surface area contributed by atoms with E-state index in [9.17, 15) is 9.90 Å². The molecule has 1 aromatic heterocycles. The molecule has 1 amide bonds. The van der Waals surface area contributed by atoms with E-state index in [1.54, 1.807) is 32.2 Å². The molecule has 0 saturated heterocycles. The first-order valence-corrected chi connectivity index (χ1v) is 7.63. The summed E-state index contributed by atoms with van der Waals surface area (Å²) in [6.45, 7) is 1.76. The number of benzene rings is 2. The monoisotopic (exact) mass is 322 g/mol. The molecular formula is C18H18N4O2. The van der Waals surface area contributed by atoms with E-state index in [2.05, 4.69) is 20.6 Å². The van der Waals surface area contributed by atoms with Gasteiger partial charge in [-0.05, 0) is 31.2 Å². The van der Waals surface area contributed by atoms with Gasteiger partial charge in [0.25, 0.3) is 0 Å².